The summed E-state index contributed by atoms with van der Waals surface area (Å²) in [6.07, 6.45) is 70.5. The Hall–Kier alpha value is -0.500. The SMILES string of the molecule is CCCCCCCCCCCCCCCCCCCCCCCCCCCCCC(=O)NC(COP(=O)(O)OCC[N+](C)(C)C)C(O)CCCCCCCCCCCCCCCCCCCCCCCCCCC. The van der Waals surface area contributed by atoms with Crippen LogP contribution in [0.2, 0.25) is 0 Å². The van der Waals surface area contributed by atoms with Gasteiger partial charge in [-0.25, -0.2) is 4.57 Å². The van der Waals surface area contributed by atoms with Gasteiger partial charge >= 0.3 is 7.82 Å². The van der Waals surface area contributed by atoms with E-state index in [9.17, 15) is 19.4 Å². The fraction of sp³-hybridized carbons (Fsp3) is 0.985. The van der Waals surface area contributed by atoms with E-state index in [2.05, 4.69) is 19.2 Å². The summed E-state index contributed by atoms with van der Waals surface area (Å²) in [6, 6.07) is -0.756. The number of rotatable bonds is 63. The van der Waals surface area contributed by atoms with Crippen molar-refractivity contribution in [2.75, 3.05) is 40.9 Å². The fourth-order valence-electron chi connectivity index (χ4n) is 10.6. The highest BCUT2D eigenvalue weighted by Crippen LogP contribution is 2.43. The second kappa shape index (κ2) is 57.2. The maximum absolute atomic E-state index is 13.1. The molecule has 0 saturated carbocycles. The standard InChI is InChI=1S/C65H133N2O6P/c1-6-8-10-12-14-16-18-20-22-24-26-28-30-32-33-35-37-39-41-43-45-47-49-51-53-55-57-59-65(69)66-63(62-73-74(70,71)72-61-60-67(3,4)5)64(68)58-56-54-52-50-48-46-44-42-40-38-36-34-31-29-27-25-23-21-19-17-15-13-11-9-7-2/h63-64,68H,6-62H2,1-5H3,(H-,66,69,70,71)/p+1. The highest BCUT2D eigenvalue weighted by atomic mass is 31.2. The van der Waals surface area contributed by atoms with Gasteiger partial charge in [0.15, 0.2) is 0 Å². The second-order valence-corrected chi connectivity index (χ2v) is 26.0. The molecule has 3 unspecified atom stereocenters. The number of hydrogen-bond acceptors (Lipinski definition) is 5. The molecule has 0 aliphatic carbocycles. The van der Waals surface area contributed by atoms with Crippen LogP contribution in [0.15, 0.2) is 0 Å². The molecule has 8 nitrogen and oxygen atoms in total. The minimum atomic E-state index is -4.32. The van der Waals surface area contributed by atoms with Crippen LogP contribution in [0.1, 0.15) is 361 Å². The minimum Gasteiger partial charge on any atom is -0.391 e. The third-order valence-corrected chi connectivity index (χ3v) is 16.8. The Kier molecular flexibility index (Phi) is 56.8. The predicted octanol–water partition coefficient (Wildman–Crippen LogP) is 20.8. The molecule has 0 aromatic carbocycles. The van der Waals surface area contributed by atoms with Crippen LogP contribution >= 0.6 is 7.82 Å². The Balaban J connectivity index is 4.02. The van der Waals surface area contributed by atoms with Gasteiger partial charge in [0.2, 0.25) is 5.91 Å². The average Bonchev–Trinajstić information content (AvgIpc) is 3.36. The van der Waals surface area contributed by atoms with Crippen LogP contribution < -0.4 is 5.32 Å². The van der Waals surface area contributed by atoms with E-state index >= 15 is 0 Å². The number of likely N-dealkylation sites (N-methyl/N-ethyl adjacent to an activating group) is 1. The van der Waals surface area contributed by atoms with Gasteiger partial charge in [0, 0.05) is 6.42 Å². The van der Waals surface area contributed by atoms with Gasteiger partial charge in [-0.15, -0.1) is 0 Å². The lowest BCUT2D eigenvalue weighted by Gasteiger charge is -2.26. The molecule has 74 heavy (non-hydrogen) atoms. The highest BCUT2D eigenvalue weighted by molar-refractivity contribution is 7.47. The first-order valence-corrected chi connectivity index (χ1v) is 34.9. The van der Waals surface area contributed by atoms with E-state index in [0.717, 1.165) is 38.5 Å². The average molecular weight is 1070 g/mol. The molecule has 1 amide bonds. The van der Waals surface area contributed by atoms with Crippen LogP contribution in [-0.2, 0) is 18.4 Å². The summed E-state index contributed by atoms with van der Waals surface area (Å²) in [5.41, 5.74) is 0. The van der Waals surface area contributed by atoms with Gasteiger partial charge in [0.1, 0.15) is 13.2 Å². The molecule has 0 rings (SSSR count). The summed E-state index contributed by atoms with van der Waals surface area (Å²) in [6.45, 7) is 4.96. The smallest absolute Gasteiger partial charge is 0.391 e. The molecule has 3 N–H and O–H groups in total. The first kappa shape index (κ1) is 73.5. The van der Waals surface area contributed by atoms with E-state index < -0.39 is 20.0 Å². The number of amides is 1. The van der Waals surface area contributed by atoms with Crippen LogP contribution in [0.3, 0.4) is 0 Å². The Morgan fingerprint density at radius 2 is 0.649 bits per heavy atom. The van der Waals surface area contributed by atoms with E-state index in [1.165, 1.54) is 295 Å². The molecule has 3 atom stereocenters. The van der Waals surface area contributed by atoms with Gasteiger partial charge < -0.3 is 19.8 Å². The van der Waals surface area contributed by atoms with Crippen molar-refractivity contribution in [3.05, 3.63) is 0 Å². The van der Waals surface area contributed by atoms with E-state index in [0.29, 0.717) is 23.9 Å². The predicted molar refractivity (Wildman–Crippen MR) is 323 cm³/mol. The van der Waals surface area contributed by atoms with Crippen LogP contribution in [0, 0.1) is 0 Å². The monoisotopic (exact) mass is 1070 g/mol. The summed E-state index contributed by atoms with van der Waals surface area (Å²) >= 11 is 0. The van der Waals surface area contributed by atoms with Crippen LogP contribution in [-0.4, -0.2) is 73.4 Å². The van der Waals surface area contributed by atoms with Crippen LogP contribution in [0.25, 0.3) is 0 Å². The van der Waals surface area contributed by atoms with Gasteiger partial charge in [-0.05, 0) is 12.8 Å². The van der Waals surface area contributed by atoms with E-state index in [1.807, 2.05) is 21.1 Å². The molecule has 0 spiro atoms. The number of phosphoric acid groups is 1. The number of aliphatic hydroxyl groups excluding tert-OH is 1. The van der Waals surface area contributed by atoms with Gasteiger partial charge in [-0.3, -0.25) is 13.8 Å². The van der Waals surface area contributed by atoms with E-state index in [-0.39, 0.29) is 19.1 Å². The third-order valence-electron chi connectivity index (χ3n) is 15.9. The number of carbonyl (C=O) groups is 1. The molecular formula is C65H134N2O6P+. The number of quaternary nitrogens is 1. The van der Waals surface area contributed by atoms with Gasteiger partial charge in [0.05, 0.1) is 39.9 Å². The number of hydrogen-bond donors (Lipinski definition) is 3. The molecule has 0 aromatic rings. The van der Waals surface area contributed by atoms with Crippen LogP contribution in [0.4, 0.5) is 0 Å². The zero-order valence-electron chi connectivity index (χ0n) is 50.9. The fourth-order valence-corrected chi connectivity index (χ4v) is 11.4. The number of nitrogens with one attached hydrogen (secondary N) is 1. The molecule has 0 heterocycles. The van der Waals surface area contributed by atoms with Crippen molar-refractivity contribution < 1.29 is 32.9 Å². The van der Waals surface area contributed by atoms with E-state index in [1.54, 1.807) is 0 Å². The molecule has 0 radical (unpaired) electrons. The molecule has 9 heteroatoms. The van der Waals surface area contributed by atoms with Crippen molar-refractivity contribution in [3.8, 4) is 0 Å². The summed E-state index contributed by atoms with van der Waals surface area (Å²) in [7, 11) is 1.64. The molecule has 0 aliphatic heterocycles. The lowest BCUT2D eigenvalue weighted by Crippen LogP contribution is -2.46. The first-order chi connectivity index (χ1) is 36.0. The highest BCUT2D eigenvalue weighted by Gasteiger charge is 2.28. The Morgan fingerprint density at radius 3 is 0.905 bits per heavy atom. The lowest BCUT2D eigenvalue weighted by molar-refractivity contribution is -0.870. The van der Waals surface area contributed by atoms with Crippen molar-refractivity contribution in [1.29, 1.82) is 0 Å². The van der Waals surface area contributed by atoms with Gasteiger partial charge in [-0.2, -0.15) is 0 Å². The molecule has 0 aromatic heterocycles. The summed E-state index contributed by atoms with van der Waals surface area (Å²) < 4.78 is 23.9. The number of phosphoric ester groups is 1. The van der Waals surface area contributed by atoms with Crippen molar-refractivity contribution in [2.24, 2.45) is 0 Å². The molecule has 0 saturated heterocycles. The largest absolute Gasteiger partial charge is 0.472 e. The number of aliphatic hydroxyl groups is 1. The third kappa shape index (κ3) is 59.2. The van der Waals surface area contributed by atoms with E-state index in [4.69, 9.17) is 9.05 Å². The normalized spacial score (nSPS) is 13.7. The minimum absolute atomic E-state index is 0.0794. The first-order valence-electron chi connectivity index (χ1n) is 33.4. The Morgan fingerprint density at radius 1 is 0.405 bits per heavy atom. The molecule has 0 bridgehead atoms. The zero-order valence-corrected chi connectivity index (χ0v) is 51.8. The summed E-state index contributed by atoms with van der Waals surface area (Å²) in [5.74, 6) is -0.134. The summed E-state index contributed by atoms with van der Waals surface area (Å²) in [4.78, 5) is 23.4. The number of unbranched alkanes of at least 4 members (excludes halogenated alkanes) is 50. The lowest BCUT2D eigenvalue weighted by atomic mass is 10.0. The van der Waals surface area contributed by atoms with Gasteiger partial charge in [0.25, 0.3) is 0 Å². The topological polar surface area (TPSA) is 105 Å². The quantitative estimate of drug-likeness (QED) is 0.0318. The number of carbonyl (C=O) groups excluding carboxylic acids is 1. The van der Waals surface area contributed by atoms with Gasteiger partial charge in [-0.1, -0.05) is 341 Å². The maximum atomic E-state index is 13.1. The number of nitrogens with zero attached hydrogens (tertiary/aromatic N) is 1. The zero-order chi connectivity index (χ0) is 54.2. The maximum Gasteiger partial charge on any atom is 0.472 e. The van der Waals surface area contributed by atoms with Crippen LogP contribution in [0.5, 0.6) is 0 Å². The summed E-state index contributed by atoms with van der Waals surface area (Å²) in [5, 5.41) is 14.1. The second-order valence-electron chi connectivity index (χ2n) is 24.6. The molecule has 0 aliphatic rings. The molecule has 444 valence electrons. The Labute approximate surface area is 463 Å². The molecule has 0 fully saturated rings. The van der Waals surface area contributed by atoms with Crippen molar-refractivity contribution in [2.45, 2.75) is 373 Å². The van der Waals surface area contributed by atoms with Crippen molar-refractivity contribution in [3.63, 3.8) is 0 Å². The van der Waals surface area contributed by atoms with Crippen molar-refractivity contribution in [1.82, 2.24) is 5.32 Å². The van der Waals surface area contributed by atoms with Crippen molar-refractivity contribution >= 4 is 13.7 Å². The Bertz CT molecular complexity index is 1170. The molecular weight excluding hydrogens is 936 g/mol.